The molecule has 0 radical (unpaired) electrons. The molecule has 0 bridgehead atoms. The summed E-state index contributed by atoms with van der Waals surface area (Å²) in [6.45, 7) is 5.98. The highest BCUT2D eigenvalue weighted by Crippen LogP contribution is 2.44. The first-order chi connectivity index (χ1) is 9.85. The van der Waals surface area contributed by atoms with Crippen LogP contribution in [-0.2, 0) is 4.79 Å². The summed E-state index contributed by atoms with van der Waals surface area (Å²) in [6, 6.07) is 8.23. The van der Waals surface area contributed by atoms with Crippen LogP contribution in [0.15, 0.2) is 30.5 Å². The second-order valence-corrected chi connectivity index (χ2v) is 6.99. The van der Waals surface area contributed by atoms with E-state index < -0.39 is 11.5 Å². The largest absolute Gasteiger partial charge is 0.480 e. The third-order valence-electron chi connectivity index (χ3n) is 4.87. The van der Waals surface area contributed by atoms with Gasteiger partial charge in [-0.3, -0.25) is 10.1 Å². The number of hydrogen-bond acceptors (Lipinski definition) is 2. The highest BCUT2D eigenvalue weighted by atomic mass is 16.4. The molecule has 0 aliphatic carbocycles. The third kappa shape index (κ3) is 2.05. The number of aromatic nitrogens is 1. The SMILES string of the molecule is CC(C)(C)[C@]1(C(=O)O)CCC(c2c[nH]c3ccccc23)N1. The average Bonchev–Trinajstić information content (AvgIpc) is 3.02. The van der Waals surface area contributed by atoms with E-state index in [0.717, 1.165) is 17.5 Å². The Morgan fingerprint density at radius 1 is 1.33 bits per heavy atom. The number of carboxylic acid groups (broad SMARTS) is 1. The smallest absolute Gasteiger partial charge is 0.324 e. The van der Waals surface area contributed by atoms with E-state index in [1.54, 1.807) is 0 Å². The minimum absolute atomic E-state index is 0.0801. The lowest BCUT2D eigenvalue weighted by Crippen LogP contribution is -2.57. The van der Waals surface area contributed by atoms with Crippen LogP contribution in [0.2, 0.25) is 0 Å². The van der Waals surface area contributed by atoms with Crippen molar-refractivity contribution in [2.45, 2.75) is 45.2 Å². The van der Waals surface area contributed by atoms with Crippen LogP contribution in [0.25, 0.3) is 10.9 Å². The first-order valence-electron chi connectivity index (χ1n) is 7.42. The molecule has 2 heterocycles. The molecule has 1 aromatic heterocycles. The van der Waals surface area contributed by atoms with Gasteiger partial charge >= 0.3 is 5.97 Å². The summed E-state index contributed by atoms with van der Waals surface area (Å²) >= 11 is 0. The van der Waals surface area contributed by atoms with Gasteiger partial charge in [-0.25, -0.2) is 0 Å². The summed E-state index contributed by atoms with van der Waals surface area (Å²) in [6.07, 6.45) is 3.49. The fourth-order valence-electron chi connectivity index (χ4n) is 3.50. The number of hydrogen-bond donors (Lipinski definition) is 3. The molecular weight excluding hydrogens is 264 g/mol. The first-order valence-corrected chi connectivity index (χ1v) is 7.42. The lowest BCUT2D eigenvalue weighted by atomic mass is 9.73. The van der Waals surface area contributed by atoms with Crippen LogP contribution in [0.4, 0.5) is 0 Å². The van der Waals surface area contributed by atoms with Gasteiger partial charge in [-0.15, -0.1) is 0 Å². The molecule has 0 saturated carbocycles. The monoisotopic (exact) mass is 286 g/mol. The van der Waals surface area contributed by atoms with E-state index in [1.807, 2.05) is 45.2 Å². The van der Waals surface area contributed by atoms with Gasteiger partial charge in [-0.2, -0.15) is 0 Å². The second-order valence-electron chi connectivity index (χ2n) is 6.99. The average molecular weight is 286 g/mol. The number of H-pyrrole nitrogens is 1. The highest BCUT2D eigenvalue weighted by Gasteiger charge is 2.53. The Labute approximate surface area is 124 Å². The first kappa shape index (κ1) is 14.1. The van der Waals surface area contributed by atoms with E-state index in [-0.39, 0.29) is 11.5 Å². The minimum atomic E-state index is -0.865. The summed E-state index contributed by atoms with van der Waals surface area (Å²) in [5.41, 5.74) is 1.06. The molecule has 21 heavy (non-hydrogen) atoms. The van der Waals surface area contributed by atoms with Crippen LogP contribution >= 0.6 is 0 Å². The van der Waals surface area contributed by atoms with Gasteiger partial charge in [0.2, 0.25) is 0 Å². The number of rotatable bonds is 2. The van der Waals surface area contributed by atoms with Crippen molar-refractivity contribution in [1.29, 1.82) is 0 Å². The van der Waals surface area contributed by atoms with E-state index in [1.165, 1.54) is 5.39 Å². The predicted octanol–water partition coefficient (Wildman–Crippen LogP) is 3.46. The number of benzene rings is 1. The highest BCUT2D eigenvalue weighted by molar-refractivity contribution is 5.85. The van der Waals surface area contributed by atoms with E-state index in [4.69, 9.17) is 0 Å². The lowest BCUT2D eigenvalue weighted by Gasteiger charge is -2.38. The standard InChI is InChI=1S/C17H22N2O2/c1-16(2,3)17(15(20)21)9-8-14(19-17)12-10-18-13-7-5-4-6-11(12)13/h4-7,10,14,18-19H,8-9H2,1-3H3,(H,20,21)/t14?,17-/m1/s1. The maximum atomic E-state index is 11.9. The van der Waals surface area contributed by atoms with Crippen molar-refractivity contribution in [2.24, 2.45) is 5.41 Å². The Balaban J connectivity index is 1.98. The number of aliphatic carboxylic acids is 1. The normalized spacial score (nSPS) is 26.3. The van der Waals surface area contributed by atoms with E-state index in [0.29, 0.717) is 6.42 Å². The second kappa shape index (κ2) is 4.60. The molecule has 3 N–H and O–H groups in total. The van der Waals surface area contributed by atoms with Crippen LogP contribution < -0.4 is 5.32 Å². The van der Waals surface area contributed by atoms with Crippen LogP contribution in [-0.4, -0.2) is 21.6 Å². The van der Waals surface area contributed by atoms with E-state index >= 15 is 0 Å². The van der Waals surface area contributed by atoms with Crippen molar-refractivity contribution in [1.82, 2.24) is 10.3 Å². The zero-order valence-electron chi connectivity index (χ0n) is 12.7. The van der Waals surface area contributed by atoms with Crippen molar-refractivity contribution >= 4 is 16.9 Å². The summed E-state index contributed by atoms with van der Waals surface area (Å²) in [4.78, 5) is 15.2. The molecule has 0 amide bonds. The number of carboxylic acids is 1. The molecule has 2 atom stereocenters. The third-order valence-corrected chi connectivity index (χ3v) is 4.87. The van der Waals surface area contributed by atoms with Crippen LogP contribution in [0, 0.1) is 5.41 Å². The fourth-order valence-corrected chi connectivity index (χ4v) is 3.50. The van der Waals surface area contributed by atoms with Gasteiger partial charge in [0.15, 0.2) is 0 Å². The summed E-state index contributed by atoms with van der Waals surface area (Å²) in [5.74, 6) is -0.752. The quantitative estimate of drug-likeness (QED) is 0.792. The van der Waals surface area contributed by atoms with Crippen molar-refractivity contribution in [3.63, 3.8) is 0 Å². The Bertz CT molecular complexity index is 683. The summed E-state index contributed by atoms with van der Waals surface area (Å²) < 4.78 is 0. The Kier molecular flexibility index (Phi) is 3.10. The fraction of sp³-hybridized carbons (Fsp3) is 0.471. The topological polar surface area (TPSA) is 65.1 Å². The molecule has 4 heteroatoms. The van der Waals surface area contributed by atoms with Gasteiger partial charge in [-0.1, -0.05) is 39.0 Å². The minimum Gasteiger partial charge on any atom is -0.480 e. The molecule has 1 fully saturated rings. The van der Waals surface area contributed by atoms with Crippen LogP contribution in [0.3, 0.4) is 0 Å². The van der Waals surface area contributed by atoms with Crippen LogP contribution in [0.1, 0.15) is 45.2 Å². The predicted molar refractivity (Wildman–Crippen MR) is 83.2 cm³/mol. The maximum absolute atomic E-state index is 11.9. The number of aromatic amines is 1. The van der Waals surface area contributed by atoms with Crippen molar-refractivity contribution in [3.05, 3.63) is 36.0 Å². The zero-order chi connectivity index (χ0) is 15.3. The molecule has 2 aromatic rings. The molecule has 112 valence electrons. The molecule has 1 saturated heterocycles. The Morgan fingerprint density at radius 3 is 2.67 bits per heavy atom. The van der Waals surface area contributed by atoms with Crippen LogP contribution in [0.5, 0.6) is 0 Å². The number of carbonyl (C=O) groups is 1. The van der Waals surface area contributed by atoms with Gasteiger partial charge in [0.1, 0.15) is 5.54 Å². The molecule has 4 nitrogen and oxygen atoms in total. The van der Waals surface area contributed by atoms with Gasteiger partial charge in [-0.05, 0) is 29.9 Å². The number of para-hydroxylation sites is 1. The molecule has 1 aliphatic rings. The maximum Gasteiger partial charge on any atom is 0.324 e. The Hall–Kier alpha value is -1.81. The molecule has 1 unspecified atom stereocenters. The van der Waals surface area contributed by atoms with Gasteiger partial charge in [0.05, 0.1) is 0 Å². The zero-order valence-corrected chi connectivity index (χ0v) is 12.7. The Morgan fingerprint density at radius 2 is 2.05 bits per heavy atom. The molecular formula is C17H22N2O2. The molecule has 0 spiro atoms. The van der Waals surface area contributed by atoms with E-state index in [9.17, 15) is 9.90 Å². The number of fused-ring (bicyclic) bond motifs is 1. The molecule has 1 aliphatic heterocycles. The van der Waals surface area contributed by atoms with Gasteiger partial charge in [0, 0.05) is 23.1 Å². The van der Waals surface area contributed by atoms with Crippen molar-refractivity contribution in [2.75, 3.05) is 0 Å². The summed E-state index contributed by atoms with van der Waals surface area (Å²) in [7, 11) is 0. The van der Waals surface area contributed by atoms with Crippen molar-refractivity contribution < 1.29 is 9.90 Å². The molecule has 1 aromatic carbocycles. The number of nitrogens with one attached hydrogen (secondary N) is 2. The lowest BCUT2D eigenvalue weighted by molar-refractivity contribution is -0.149. The van der Waals surface area contributed by atoms with E-state index in [2.05, 4.69) is 16.4 Å². The van der Waals surface area contributed by atoms with Crippen molar-refractivity contribution in [3.8, 4) is 0 Å². The van der Waals surface area contributed by atoms with Gasteiger partial charge in [0.25, 0.3) is 0 Å². The molecule has 3 rings (SSSR count). The summed E-state index contributed by atoms with van der Waals surface area (Å²) in [5, 5.41) is 14.3. The van der Waals surface area contributed by atoms with Gasteiger partial charge < -0.3 is 10.1 Å².